The average Bonchev–Trinajstić information content (AvgIpc) is 2.78. The van der Waals surface area contributed by atoms with Crippen LogP contribution < -0.4 is 10.6 Å². The molecule has 0 radical (unpaired) electrons. The number of carbonyl (C=O) groups is 1. The van der Waals surface area contributed by atoms with Crippen molar-refractivity contribution in [1.29, 1.82) is 0 Å². The Labute approximate surface area is 129 Å². The van der Waals surface area contributed by atoms with Crippen LogP contribution in [0.15, 0.2) is 30.5 Å². The number of nitrogens with one attached hydrogen (secondary N) is 2. The van der Waals surface area contributed by atoms with Crippen molar-refractivity contribution in [3.63, 3.8) is 0 Å². The van der Waals surface area contributed by atoms with Gasteiger partial charge in [-0.1, -0.05) is 6.07 Å². The van der Waals surface area contributed by atoms with Crippen molar-refractivity contribution in [3.05, 3.63) is 51.5 Å². The first-order valence-corrected chi connectivity index (χ1v) is 7.84. The molecule has 0 aliphatic carbocycles. The third-order valence-corrected chi connectivity index (χ3v) is 4.35. The van der Waals surface area contributed by atoms with Gasteiger partial charge in [-0.2, -0.15) is 0 Å². The molecule has 0 fully saturated rings. The van der Waals surface area contributed by atoms with Crippen molar-refractivity contribution < 1.29 is 4.79 Å². The predicted octanol–water partition coefficient (Wildman–Crippen LogP) is 3.88. The maximum Gasteiger partial charge on any atom is 0.315 e. The van der Waals surface area contributed by atoms with E-state index in [1.165, 1.54) is 15.3 Å². The highest BCUT2D eigenvalue weighted by Gasteiger charge is 2.15. The van der Waals surface area contributed by atoms with E-state index in [9.17, 15) is 4.79 Å². The summed E-state index contributed by atoms with van der Waals surface area (Å²) in [5, 5.41) is 5.89. The number of amides is 2. The Hall–Kier alpha value is -1.88. The lowest BCUT2D eigenvalue weighted by Gasteiger charge is -2.18. The van der Waals surface area contributed by atoms with Crippen molar-refractivity contribution in [3.8, 4) is 0 Å². The van der Waals surface area contributed by atoms with Crippen molar-refractivity contribution in [1.82, 2.24) is 15.6 Å². The Bertz CT molecular complexity index is 609. The Kier molecular flexibility index (Phi) is 4.96. The molecule has 0 spiro atoms. The number of thiophene rings is 1. The first-order chi connectivity index (χ1) is 9.97. The zero-order valence-corrected chi connectivity index (χ0v) is 13.6. The minimum atomic E-state index is -0.177. The zero-order chi connectivity index (χ0) is 15.4. The molecule has 4 nitrogen and oxygen atoms in total. The fourth-order valence-corrected chi connectivity index (χ4v) is 3.32. The SMILES string of the molecule is Cc1cc([C@@H](C)NC(=O)N[C@H](C)c2ccccn2)c(C)s1. The molecule has 2 N–H and O–H groups in total. The highest BCUT2D eigenvalue weighted by atomic mass is 32.1. The van der Waals surface area contributed by atoms with Gasteiger partial charge in [-0.05, 0) is 51.5 Å². The number of urea groups is 1. The number of aryl methyl sites for hydroxylation is 2. The first kappa shape index (κ1) is 15.5. The van der Waals surface area contributed by atoms with Crippen LogP contribution in [-0.4, -0.2) is 11.0 Å². The van der Waals surface area contributed by atoms with Crippen molar-refractivity contribution in [2.75, 3.05) is 0 Å². The van der Waals surface area contributed by atoms with Crippen molar-refractivity contribution >= 4 is 17.4 Å². The molecule has 2 atom stereocenters. The number of carbonyl (C=O) groups excluding carboxylic acids is 1. The molecule has 0 saturated carbocycles. The maximum atomic E-state index is 12.1. The van der Waals surface area contributed by atoms with Crippen LogP contribution in [0.2, 0.25) is 0 Å². The van der Waals surface area contributed by atoms with Gasteiger partial charge in [-0.25, -0.2) is 4.79 Å². The van der Waals surface area contributed by atoms with Gasteiger partial charge in [-0.3, -0.25) is 4.98 Å². The van der Waals surface area contributed by atoms with Gasteiger partial charge in [-0.15, -0.1) is 11.3 Å². The molecular formula is C16H21N3OS. The number of hydrogen-bond donors (Lipinski definition) is 2. The number of hydrogen-bond acceptors (Lipinski definition) is 3. The lowest BCUT2D eigenvalue weighted by atomic mass is 10.1. The Morgan fingerprint density at radius 2 is 1.90 bits per heavy atom. The van der Waals surface area contributed by atoms with E-state index in [0.717, 1.165) is 5.69 Å². The van der Waals surface area contributed by atoms with Crippen LogP contribution in [0.25, 0.3) is 0 Å². The predicted molar refractivity (Wildman–Crippen MR) is 86.5 cm³/mol. The van der Waals surface area contributed by atoms with E-state index < -0.39 is 0 Å². The summed E-state index contributed by atoms with van der Waals surface area (Å²) in [5.41, 5.74) is 2.03. The summed E-state index contributed by atoms with van der Waals surface area (Å²) < 4.78 is 0. The van der Waals surface area contributed by atoms with Gasteiger partial charge in [0.25, 0.3) is 0 Å². The quantitative estimate of drug-likeness (QED) is 0.900. The van der Waals surface area contributed by atoms with E-state index in [1.807, 2.05) is 32.0 Å². The molecule has 0 aromatic carbocycles. The second-order valence-corrected chi connectivity index (χ2v) is 6.64. The van der Waals surface area contributed by atoms with Crippen LogP contribution in [0.5, 0.6) is 0 Å². The standard InChI is InChI=1S/C16H21N3OS/c1-10-9-14(13(4)21-10)11(2)18-16(20)19-12(3)15-7-5-6-8-17-15/h5-9,11-12H,1-4H3,(H2,18,19,20)/t11-,12-/m1/s1. The van der Waals surface area contributed by atoms with Crippen LogP contribution in [0.1, 0.15) is 46.9 Å². The van der Waals surface area contributed by atoms with Gasteiger partial charge >= 0.3 is 6.03 Å². The molecule has 2 rings (SSSR count). The summed E-state index contributed by atoms with van der Waals surface area (Å²) in [6, 6.07) is 7.51. The van der Waals surface area contributed by atoms with E-state index >= 15 is 0 Å². The van der Waals surface area contributed by atoms with Crippen LogP contribution >= 0.6 is 11.3 Å². The normalized spacial score (nSPS) is 13.5. The largest absolute Gasteiger partial charge is 0.332 e. The molecule has 2 aromatic heterocycles. The molecule has 0 saturated heterocycles. The molecule has 0 aliphatic heterocycles. The molecule has 2 heterocycles. The fourth-order valence-electron chi connectivity index (χ4n) is 2.30. The van der Waals surface area contributed by atoms with Crippen LogP contribution in [0, 0.1) is 13.8 Å². The van der Waals surface area contributed by atoms with E-state index in [0.29, 0.717) is 0 Å². The van der Waals surface area contributed by atoms with E-state index in [4.69, 9.17) is 0 Å². The monoisotopic (exact) mass is 303 g/mol. The molecule has 21 heavy (non-hydrogen) atoms. The highest BCUT2D eigenvalue weighted by molar-refractivity contribution is 7.12. The summed E-state index contributed by atoms with van der Waals surface area (Å²) >= 11 is 1.75. The minimum absolute atomic E-state index is 0.00844. The van der Waals surface area contributed by atoms with Gasteiger partial charge in [0.1, 0.15) is 0 Å². The van der Waals surface area contributed by atoms with E-state index in [-0.39, 0.29) is 18.1 Å². The Morgan fingerprint density at radius 1 is 1.19 bits per heavy atom. The summed E-state index contributed by atoms with van der Waals surface area (Å²) in [6.07, 6.45) is 1.73. The summed E-state index contributed by atoms with van der Waals surface area (Å²) in [5.74, 6) is 0. The van der Waals surface area contributed by atoms with Gasteiger partial charge in [0, 0.05) is 16.0 Å². The summed E-state index contributed by atoms with van der Waals surface area (Å²) in [6.45, 7) is 8.09. The number of rotatable bonds is 4. The van der Waals surface area contributed by atoms with Gasteiger partial charge < -0.3 is 10.6 Å². The van der Waals surface area contributed by atoms with Crippen LogP contribution in [0.4, 0.5) is 4.79 Å². The number of aromatic nitrogens is 1. The number of nitrogens with zero attached hydrogens (tertiary/aromatic N) is 1. The summed E-state index contributed by atoms with van der Waals surface area (Å²) in [4.78, 5) is 18.8. The second kappa shape index (κ2) is 6.72. The molecular weight excluding hydrogens is 282 g/mol. The Balaban J connectivity index is 1.94. The molecule has 2 aromatic rings. The molecule has 0 aliphatic rings. The van der Waals surface area contributed by atoms with Crippen LogP contribution in [-0.2, 0) is 0 Å². The van der Waals surface area contributed by atoms with E-state index in [1.54, 1.807) is 17.5 Å². The third kappa shape index (κ3) is 4.04. The Morgan fingerprint density at radius 3 is 2.48 bits per heavy atom. The minimum Gasteiger partial charge on any atom is -0.332 e. The zero-order valence-electron chi connectivity index (χ0n) is 12.8. The van der Waals surface area contributed by atoms with Gasteiger partial charge in [0.2, 0.25) is 0 Å². The van der Waals surface area contributed by atoms with Crippen LogP contribution in [0.3, 0.4) is 0 Å². The van der Waals surface area contributed by atoms with E-state index in [2.05, 4.69) is 35.5 Å². The molecule has 0 bridgehead atoms. The third-order valence-electron chi connectivity index (χ3n) is 3.37. The van der Waals surface area contributed by atoms with Crippen molar-refractivity contribution in [2.24, 2.45) is 0 Å². The first-order valence-electron chi connectivity index (χ1n) is 7.02. The number of pyridine rings is 1. The van der Waals surface area contributed by atoms with Crippen molar-refractivity contribution in [2.45, 2.75) is 39.8 Å². The molecule has 112 valence electrons. The lowest BCUT2D eigenvalue weighted by molar-refractivity contribution is 0.234. The highest BCUT2D eigenvalue weighted by Crippen LogP contribution is 2.26. The molecule has 0 unspecified atom stereocenters. The smallest absolute Gasteiger partial charge is 0.315 e. The summed E-state index contributed by atoms with van der Waals surface area (Å²) in [7, 11) is 0. The average molecular weight is 303 g/mol. The van der Waals surface area contributed by atoms with Gasteiger partial charge in [0.05, 0.1) is 17.8 Å². The second-order valence-electron chi connectivity index (χ2n) is 5.18. The maximum absolute atomic E-state index is 12.1. The molecule has 5 heteroatoms. The lowest BCUT2D eigenvalue weighted by Crippen LogP contribution is -2.38. The molecule has 2 amide bonds. The topological polar surface area (TPSA) is 54.0 Å². The van der Waals surface area contributed by atoms with Gasteiger partial charge in [0.15, 0.2) is 0 Å². The fraction of sp³-hybridized carbons (Fsp3) is 0.375.